The van der Waals surface area contributed by atoms with E-state index in [0.29, 0.717) is 12.6 Å². The predicted molar refractivity (Wildman–Crippen MR) is 155 cm³/mol. The molecule has 3 aliphatic carbocycles. The number of carbonyl (C=O) groups excluding carboxylic acids is 1. The summed E-state index contributed by atoms with van der Waals surface area (Å²) in [7, 11) is 0. The molecule has 7 rings (SSSR count). The van der Waals surface area contributed by atoms with Gasteiger partial charge in [-0.1, -0.05) is 38.5 Å². The van der Waals surface area contributed by atoms with Crippen molar-refractivity contribution in [1.29, 1.82) is 0 Å². The first kappa shape index (κ1) is 25.8. The normalized spacial score (nSPS) is 28.9. The minimum Gasteiger partial charge on any atom is -0.351 e. The van der Waals surface area contributed by atoms with Gasteiger partial charge in [0.05, 0.1) is 5.54 Å². The van der Waals surface area contributed by atoms with Gasteiger partial charge in [-0.25, -0.2) is 4.98 Å². The number of fused-ring (bicyclic) bond motifs is 4. The van der Waals surface area contributed by atoms with Gasteiger partial charge in [-0.2, -0.15) is 4.98 Å². The number of hydrogen-bond donors (Lipinski definition) is 2. The van der Waals surface area contributed by atoms with Gasteiger partial charge in [-0.15, -0.1) is 0 Å². The van der Waals surface area contributed by atoms with Crippen LogP contribution in [0.5, 0.6) is 0 Å². The number of piperazine rings is 1. The molecule has 3 saturated carbocycles. The highest BCUT2D eigenvalue weighted by molar-refractivity contribution is 5.99. The van der Waals surface area contributed by atoms with E-state index in [-0.39, 0.29) is 11.4 Å². The van der Waals surface area contributed by atoms with Crippen LogP contribution in [-0.2, 0) is 5.54 Å². The second-order valence-electron chi connectivity index (χ2n) is 13.3. The summed E-state index contributed by atoms with van der Waals surface area (Å²) in [5.74, 6) is 1.70. The highest BCUT2D eigenvalue weighted by Crippen LogP contribution is 2.40. The summed E-state index contributed by atoms with van der Waals surface area (Å²) in [6.07, 6.45) is 20.0. The zero-order valence-corrected chi connectivity index (χ0v) is 23.7. The topological polar surface area (TPSA) is 78.3 Å². The second-order valence-corrected chi connectivity index (χ2v) is 13.3. The fourth-order valence-electron chi connectivity index (χ4n) is 8.54. The summed E-state index contributed by atoms with van der Waals surface area (Å²) in [5, 5.41) is 7.82. The van der Waals surface area contributed by atoms with Crippen molar-refractivity contribution in [2.75, 3.05) is 44.6 Å². The number of anilines is 1. The SMILES string of the molecule is O=C1NCC2(CCCCC2)n2c1cc1cnc(NC3CCC(N4CCN(CC5CCCCC5)CC4)CC3)nc12. The van der Waals surface area contributed by atoms with Gasteiger partial charge in [0.25, 0.3) is 5.91 Å². The molecule has 1 saturated heterocycles. The Hall–Kier alpha value is -2.19. The minimum atomic E-state index is -0.0344. The van der Waals surface area contributed by atoms with Crippen molar-refractivity contribution in [1.82, 2.24) is 29.7 Å². The van der Waals surface area contributed by atoms with E-state index in [1.807, 2.05) is 12.3 Å². The first-order valence-electron chi connectivity index (χ1n) is 16.1. The van der Waals surface area contributed by atoms with Gasteiger partial charge >= 0.3 is 0 Å². The Bertz CT molecular complexity index is 1150. The van der Waals surface area contributed by atoms with Gasteiger partial charge in [0.1, 0.15) is 11.3 Å². The van der Waals surface area contributed by atoms with Crippen molar-refractivity contribution >= 4 is 22.9 Å². The number of carbonyl (C=O) groups is 1. The molecule has 8 nitrogen and oxygen atoms in total. The number of nitrogens with zero attached hydrogens (tertiary/aromatic N) is 5. The number of nitrogens with one attached hydrogen (secondary N) is 2. The Kier molecular flexibility index (Phi) is 7.26. The lowest BCUT2D eigenvalue weighted by atomic mass is 9.80. The predicted octanol–water partition coefficient (Wildman–Crippen LogP) is 4.76. The van der Waals surface area contributed by atoms with Crippen LogP contribution in [0, 0.1) is 5.92 Å². The highest BCUT2D eigenvalue weighted by atomic mass is 16.2. The van der Waals surface area contributed by atoms with Gasteiger partial charge in [0.2, 0.25) is 5.95 Å². The van der Waals surface area contributed by atoms with Crippen molar-refractivity contribution in [3.63, 3.8) is 0 Å². The standard InChI is InChI=1S/C31H47N7O/c39-29-27-19-24-20-32-30(35-28(24)38(27)31(22-33-29)13-5-2-6-14-31)34-25-9-11-26(12-10-25)37-17-15-36(16-18-37)21-23-7-3-1-4-8-23/h19-20,23,25-26H,1-18,21-22H2,(H,33,39)(H,32,34,35). The van der Waals surface area contributed by atoms with Crippen LogP contribution >= 0.6 is 0 Å². The van der Waals surface area contributed by atoms with Gasteiger partial charge in [0, 0.05) is 62.9 Å². The Balaban J connectivity index is 0.961. The van der Waals surface area contributed by atoms with Crippen molar-refractivity contribution in [2.45, 2.75) is 108 Å². The molecule has 0 aromatic carbocycles. The van der Waals surface area contributed by atoms with Crippen LogP contribution in [0.4, 0.5) is 5.95 Å². The molecule has 2 aromatic rings. The molecule has 4 fully saturated rings. The van der Waals surface area contributed by atoms with Crippen LogP contribution in [0.25, 0.3) is 11.0 Å². The Morgan fingerprint density at radius 2 is 1.67 bits per heavy atom. The minimum absolute atomic E-state index is 0.0202. The Morgan fingerprint density at radius 1 is 0.923 bits per heavy atom. The quantitative estimate of drug-likeness (QED) is 0.577. The van der Waals surface area contributed by atoms with E-state index in [9.17, 15) is 4.79 Å². The van der Waals surface area contributed by atoms with Crippen LogP contribution in [0.3, 0.4) is 0 Å². The van der Waals surface area contributed by atoms with E-state index in [2.05, 4.69) is 30.0 Å². The molecule has 2 N–H and O–H groups in total. The molecule has 4 heterocycles. The van der Waals surface area contributed by atoms with Crippen LogP contribution in [0.1, 0.15) is 100 Å². The first-order valence-corrected chi connectivity index (χ1v) is 16.1. The molecule has 8 heteroatoms. The summed E-state index contributed by atoms with van der Waals surface area (Å²) in [6, 6.07) is 3.14. The lowest BCUT2D eigenvalue weighted by Gasteiger charge is -2.43. The average Bonchev–Trinajstić information content (AvgIpc) is 3.38. The zero-order valence-electron chi connectivity index (χ0n) is 23.7. The number of hydrogen-bond acceptors (Lipinski definition) is 6. The van der Waals surface area contributed by atoms with Crippen LogP contribution in [-0.4, -0.2) is 81.6 Å². The largest absolute Gasteiger partial charge is 0.351 e. The highest BCUT2D eigenvalue weighted by Gasteiger charge is 2.41. The molecule has 2 aromatic heterocycles. The molecule has 5 aliphatic rings. The summed E-state index contributed by atoms with van der Waals surface area (Å²) in [5.41, 5.74) is 1.65. The summed E-state index contributed by atoms with van der Waals surface area (Å²) < 4.78 is 2.28. The van der Waals surface area contributed by atoms with Gasteiger partial charge in [-0.05, 0) is 63.4 Å². The summed E-state index contributed by atoms with van der Waals surface area (Å²) >= 11 is 0. The smallest absolute Gasteiger partial charge is 0.268 e. The molecule has 1 amide bonds. The Morgan fingerprint density at radius 3 is 2.44 bits per heavy atom. The molecular formula is C31H47N7O. The van der Waals surface area contributed by atoms with Gasteiger partial charge in [0.15, 0.2) is 0 Å². The molecule has 0 atom stereocenters. The van der Waals surface area contributed by atoms with E-state index >= 15 is 0 Å². The molecule has 212 valence electrons. The molecule has 0 unspecified atom stereocenters. The van der Waals surface area contributed by atoms with Crippen molar-refractivity contribution in [3.8, 4) is 0 Å². The maximum Gasteiger partial charge on any atom is 0.268 e. The van der Waals surface area contributed by atoms with Crippen LogP contribution in [0.15, 0.2) is 12.3 Å². The number of rotatable bonds is 5. The number of aromatic nitrogens is 3. The maximum absolute atomic E-state index is 12.7. The molecule has 2 aliphatic heterocycles. The zero-order chi connectivity index (χ0) is 26.2. The lowest BCUT2D eigenvalue weighted by molar-refractivity contribution is 0.0658. The Labute approximate surface area is 233 Å². The van der Waals surface area contributed by atoms with Gasteiger partial charge < -0.3 is 20.1 Å². The third kappa shape index (κ3) is 5.19. The maximum atomic E-state index is 12.7. The molecule has 0 radical (unpaired) electrons. The summed E-state index contributed by atoms with van der Waals surface area (Å²) in [4.78, 5) is 28.0. The third-order valence-electron chi connectivity index (χ3n) is 10.8. The van der Waals surface area contributed by atoms with Crippen LogP contribution in [0.2, 0.25) is 0 Å². The van der Waals surface area contributed by atoms with E-state index in [1.165, 1.54) is 110 Å². The third-order valence-corrected chi connectivity index (χ3v) is 10.8. The van der Waals surface area contributed by atoms with E-state index < -0.39 is 0 Å². The molecular weight excluding hydrogens is 486 g/mol. The summed E-state index contributed by atoms with van der Waals surface area (Å²) in [6.45, 7) is 7.04. The number of amides is 1. The first-order chi connectivity index (χ1) is 19.2. The van der Waals surface area contributed by atoms with E-state index in [1.54, 1.807) is 0 Å². The fraction of sp³-hybridized carbons (Fsp3) is 0.774. The van der Waals surface area contributed by atoms with Gasteiger partial charge in [-0.3, -0.25) is 9.69 Å². The van der Waals surface area contributed by atoms with E-state index in [4.69, 9.17) is 4.98 Å². The van der Waals surface area contributed by atoms with Crippen LogP contribution < -0.4 is 10.6 Å². The van der Waals surface area contributed by atoms with E-state index in [0.717, 1.165) is 47.5 Å². The van der Waals surface area contributed by atoms with Crippen molar-refractivity contribution in [3.05, 3.63) is 18.0 Å². The van der Waals surface area contributed by atoms with Crippen molar-refractivity contribution in [2.24, 2.45) is 5.92 Å². The monoisotopic (exact) mass is 533 g/mol. The molecule has 1 spiro atoms. The lowest BCUT2D eigenvalue weighted by Crippen LogP contribution is -2.52. The average molecular weight is 534 g/mol. The second kappa shape index (κ2) is 11.0. The molecule has 0 bridgehead atoms. The van der Waals surface area contributed by atoms with Crippen molar-refractivity contribution < 1.29 is 4.79 Å². The fourth-order valence-corrected chi connectivity index (χ4v) is 8.54. The molecule has 39 heavy (non-hydrogen) atoms.